The molecule has 21 heavy (non-hydrogen) atoms. The van der Waals surface area contributed by atoms with Crippen molar-refractivity contribution in [3.8, 4) is 11.5 Å². The van der Waals surface area contributed by atoms with Crippen molar-refractivity contribution in [2.24, 2.45) is 11.8 Å². The molecule has 0 aromatic heterocycles. The van der Waals surface area contributed by atoms with Crippen LogP contribution in [0, 0.1) is 11.8 Å². The Morgan fingerprint density at radius 3 is 2.43 bits per heavy atom. The third kappa shape index (κ3) is 3.54. The van der Waals surface area contributed by atoms with Crippen LogP contribution in [0.1, 0.15) is 6.92 Å². The molecule has 114 valence electrons. The van der Waals surface area contributed by atoms with E-state index in [9.17, 15) is 4.79 Å². The molecular formula is C16H22N2O3. The molecule has 1 N–H and O–H groups in total. The summed E-state index contributed by atoms with van der Waals surface area (Å²) >= 11 is 0. The summed E-state index contributed by atoms with van der Waals surface area (Å²) in [5.74, 6) is 2.57. The van der Waals surface area contributed by atoms with Crippen LogP contribution in [0.3, 0.4) is 0 Å². The number of nitrogens with zero attached hydrogens (tertiary/aromatic N) is 1. The molecule has 0 radical (unpaired) electrons. The minimum absolute atomic E-state index is 0.188. The third-order valence-corrected chi connectivity index (χ3v) is 4.18. The minimum Gasteiger partial charge on any atom is -0.494 e. The summed E-state index contributed by atoms with van der Waals surface area (Å²) in [6, 6.07) is 7.17. The van der Waals surface area contributed by atoms with Crippen molar-refractivity contribution in [1.29, 1.82) is 0 Å². The predicted molar refractivity (Wildman–Crippen MR) is 79.5 cm³/mol. The lowest BCUT2D eigenvalue weighted by Crippen LogP contribution is -2.32. The molecule has 0 aliphatic carbocycles. The third-order valence-electron chi connectivity index (χ3n) is 4.18. The van der Waals surface area contributed by atoms with Crippen LogP contribution < -0.4 is 14.8 Å². The molecule has 0 spiro atoms. The first-order chi connectivity index (χ1) is 10.2. The van der Waals surface area contributed by atoms with Crippen molar-refractivity contribution in [1.82, 2.24) is 10.2 Å². The van der Waals surface area contributed by atoms with E-state index in [0.29, 0.717) is 30.7 Å². The molecule has 1 aromatic carbocycles. The molecule has 2 heterocycles. The van der Waals surface area contributed by atoms with Gasteiger partial charge in [-0.15, -0.1) is 0 Å². The normalized spacial score (nSPS) is 24.8. The fourth-order valence-electron chi connectivity index (χ4n) is 3.20. The van der Waals surface area contributed by atoms with E-state index in [4.69, 9.17) is 9.47 Å². The van der Waals surface area contributed by atoms with Crippen molar-refractivity contribution < 1.29 is 14.3 Å². The topological polar surface area (TPSA) is 50.8 Å². The smallest absolute Gasteiger partial charge is 0.325 e. The van der Waals surface area contributed by atoms with E-state index in [1.165, 1.54) is 0 Å². The highest BCUT2D eigenvalue weighted by Gasteiger charge is 2.36. The van der Waals surface area contributed by atoms with Gasteiger partial charge in [-0.05, 0) is 56.1 Å². The van der Waals surface area contributed by atoms with Gasteiger partial charge in [0, 0.05) is 13.1 Å². The molecule has 5 heteroatoms. The standard InChI is InChI=1S/C16H22N2O3/c1-2-20-14-3-5-15(6-4-14)21-16(19)11-18-9-12-7-17-8-13(12)10-18/h3-6,12-13,17H,2,7-11H2,1H3/t12-,13+. The van der Waals surface area contributed by atoms with Gasteiger partial charge in [0.25, 0.3) is 0 Å². The largest absolute Gasteiger partial charge is 0.494 e. The van der Waals surface area contributed by atoms with Crippen LogP contribution in [0.2, 0.25) is 0 Å². The summed E-state index contributed by atoms with van der Waals surface area (Å²) < 4.78 is 10.7. The number of hydrogen-bond acceptors (Lipinski definition) is 5. The van der Waals surface area contributed by atoms with Gasteiger partial charge in [-0.2, -0.15) is 0 Å². The Morgan fingerprint density at radius 1 is 1.19 bits per heavy atom. The zero-order valence-electron chi connectivity index (χ0n) is 12.4. The van der Waals surface area contributed by atoms with Crippen molar-refractivity contribution in [3.05, 3.63) is 24.3 Å². The maximum absolute atomic E-state index is 12.0. The highest BCUT2D eigenvalue weighted by molar-refractivity contribution is 5.74. The van der Waals surface area contributed by atoms with Gasteiger partial charge >= 0.3 is 5.97 Å². The predicted octanol–water partition coefficient (Wildman–Crippen LogP) is 1.14. The molecule has 0 amide bonds. The Labute approximate surface area is 125 Å². The average Bonchev–Trinajstić information content (AvgIpc) is 3.02. The first-order valence-corrected chi connectivity index (χ1v) is 7.61. The maximum Gasteiger partial charge on any atom is 0.325 e. The lowest BCUT2D eigenvalue weighted by Gasteiger charge is -2.15. The minimum atomic E-state index is -0.188. The van der Waals surface area contributed by atoms with Gasteiger partial charge < -0.3 is 14.8 Å². The first kappa shape index (κ1) is 14.4. The van der Waals surface area contributed by atoms with Crippen LogP contribution in [0.4, 0.5) is 0 Å². The summed E-state index contributed by atoms with van der Waals surface area (Å²) in [5.41, 5.74) is 0. The number of esters is 1. The lowest BCUT2D eigenvalue weighted by atomic mass is 10.0. The van der Waals surface area contributed by atoms with E-state index < -0.39 is 0 Å². The van der Waals surface area contributed by atoms with E-state index in [0.717, 1.165) is 31.9 Å². The average molecular weight is 290 g/mol. The molecule has 2 atom stereocenters. The van der Waals surface area contributed by atoms with Crippen LogP contribution >= 0.6 is 0 Å². The quantitative estimate of drug-likeness (QED) is 0.651. The second kappa shape index (κ2) is 6.45. The van der Waals surface area contributed by atoms with Gasteiger partial charge in [0.15, 0.2) is 0 Å². The van der Waals surface area contributed by atoms with Crippen LogP contribution in [0.15, 0.2) is 24.3 Å². The molecule has 2 aliphatic heterocycles. The Kier molecular flexibility index (Phi) is 4.41. The van der Waals surface area contributed by atoms with Crippen LogP contribution in [-0.4, -0.2) is 50.2 Å². The van der Waals surface area contributed by atoms with Gasteiger partial charge in [-0.3, -0.25) is 9.69 Å². The molecule has 0 unspecified atom stereocenters. The van der Waals surface area contributed by atoms with E-state index >= 15 is 0 Å². The van der Waals surface area contributed by atoms with E-state index in [2.05, 4.69) is 10.2 Å². The van der Waals surface area contributed by atoms with Crippen LogP contribution in [-0.2, 0) is 4.79 Å². The maximum atomic E-state index is 12.0. The fraction of sp³-hybridized carbons (Fsp3) is 0.562. The Balaban J connectivity index is 1.47. The zero-order chi connectivity index (χ0) is 14.7. The SMILES string of the molecule is CCOc1ccc(OC(=O)CN2C[C@H]3CNC[C@H]3C2)cc1. The number of carbonyl (C=O) groups is 1. The molecular weight excluding hydrogens is 268 g/mol. The number of rotatable bonds is 5. The monoisotopic (exact) mass is 290 g/mol. The van der Waals surface area contributed by atoms with Crippen LogP contribution in [0.25, 0.3) is 0 Å². The fourth-order valence-corrected chi connectivity index (χ4v) is 3.20. The van der Waals surface area contributed by atoms with Gasteiger partial charge in [0.2, 0.25) is 0 Å². The number of hydrogen-bond donors (Lipinski definition) is 1. The molecule has 0 saturated carbocycles. The van der Waals surface area contributed by atoms with Crippen LogP contribution in [0.5, 0.6) is 11.5 Å². The van der Waals surface area contributed by atoms with Gasteiger partial charge in [0.1, 0.15) is 11.5 Å². The molecule has 3 rings (SSSR count). The number of benzene rings is 1. The summed E-state index contributed by atoms with van der Waals surface area (Å²) in [6.45, 7) is 7.09. The summed E-state index contributed by atoms with van der Waals surface area (Å²) in [5, 5.41) is 3.40. The number of nitrogens with one attached hydrogen (secondary N) is 1. The molecule has 1 aromatic rings. The lowest BCUT2D eigenvalue weighted by molar-refractivity contribution is -0.135. The summed E-state index contributed by atoms with van der Waals surface area (Å²) in [7, 11) is 0. The number of fused-ring (bicyclic) bond motifs is 1. The Hall–Kier alpha value is -1.59. The molecule has 2 saturated heterocycles. The highest BCUT2D eigenvalue weighted by Crippen LogP contribution is 2.26. The molecule has 2 aliphatic rings. The van der Waals surface area contributed by atoms with E-state index in [-0.39, 0.29) is 5.97 Å². The van der Waals surface area contributed by atoms with Gasteiger partial charge in [0.05, 0.1) is 13.2 Å². The van der Waals surface area contributed by atoms with Crippen molar-refractivity contribution in [2.75, 3.05) is 39.3 Å². The highest BCUT2D eigenvalue weighted by atomic mass is 16.5. The van der Waals surface area contributed by atoms with E-state index in [1.54, 1.807) is 12.1 Å². The second-order valence-corrected chi connectivity index (χ2v) is 5.75. The van der Waals surface area contributed by atoms with Crippen molar-refractivity contribution in [2.45, 2.75) is 6.92 Å². The van der Waals surface area contributed by atoms with E-state index in [1.807, 2.05) is 19.1 Å². The van der Waals surface area contributed by atoms with Crippen molar-refractivity contribution in [3.63, 3.8) is 0 Å². The molecule has 5 nitrogen and oxygen atoms in total. The molecule has 0 bridgehead atoms. The number of carbonyl (C=O) groups excluding carboxylic acids is 1. The number of ether oxygens (including phenoxy) is 2. The number of likely N-dealkylation sites (tertiary alicyclic amines) is 1. The van der Waals surface area contributed by atoms with Crippen molar-refractivity contribution >= 4 is 5.97 Å². The van der Waals surface area contributed by atoms with Gasteiger partial charge in [-0.1, -0.05) is 0 Å². The second-order valence-electron chi connectivity index (χ2n) is 5.75. The summed E-state index contributed by atoms with van der Waals surface area (Å²) in [6.07, 6.45) is 0. The first-order valence-electron chi connectivity index (χ1n) is 7.61. The zero-order valence-corrected chi connectivity index (χ0v) is 12.4. The summed E-state index contributed by atoms with van der Waals surface area (Å²) in [4.78, 5) is 14.2. The molecule has 2 fully saturated rings. The van der Waals surface area contributed by atoms with Gasteiger partial charge in [-0.25, -0.2) is 0 Å². The Morgan fingerprint density at radius 2 is 1.81 bits per heavy atom. The Bertz CT molecular complexity index is 477.